The number of thiazole rings is 1. The van der Waals surface area contributed by atoms with Crippen molar-refractivity contribution in [1.82, 2.24) is 19.9 Å². The molecule has 0 bridgehead atoms. The number of nitrogens with zero attached hydrogens (tertiary/aromatic N) is 4. The summed E-state index contributed by atoms with van der Waals surface area (Å²) in [6.45, 7) is 4.07. The normalized spacial score (nSPS) is 10.7. The highest BCUT2D eigenvalue weighted by Crippen LogP contribution is 2.22. The van der Waals surface area contributed by atoms with E-state index in [4.69, 9.17) is 10.6 Å². The molecule has 0 radical (unpaired) electrons. The minimum Gasteiger partial charge on any atom is -0.486 e. The van der Waals surface area contributed by atoms with Crippen molar-refractivity contribution in [2.75, 3.05) is 16.9 Å². The SMILES string of the molecule is Cc1nc(NC(=O)CSc2nnc(COc3ccccc3)n2N)sc1C. The first kappa shape index (κ1) is 18.2. The van der Waals surface area contributed by atoms with Crippen molar-refractivity contribution >= 4 is 34.1 Å². The van der Waals surface area contributed by atoms with Crippen LogP contribution in [-0.2, 0) is 11.4 Å². The number of nitrogens with two attached hydrogens (primary N) is 1. The van der Waals surface area contributed by atoms with Gasteiger partial charge < -0.3 is 15.9 Å². The molecule has 10 heteroatoms. The van der Waals surface area contributed by atoms with E-state index in [0.29, 0.717) is 16.1 Å². The van der Waals surface area contributed by atoms with Crippen LogP contribution in [0.2, 0.25) is 0 Å². The Labute approximate surface area is 158 Å². The first-order valence-electron chi connectivity index (χ1n) is 7.77. The van der Waals surface area contributed by atoms with Gasteiger partial charge in [-0.1, -0.05) is 30.0 Å². The molecule has 1 aromatic carbocycles. The van der Waals surface area contributed by atoms with Gasteiger partial charge in [0.2, 0.25) is 11.1 Å². The predicted octanol–water partition coefficient (Wildman–Crippen LogP) is 2.38. The minimum atomic E-state index is -0.172. The number of thioether (sulfide) groups is 1. The Bertz CT molecular complexity index is 874. The number of amides is 1. The van der Waals surface area contributed by atoms with Crippen LogP contribution in [0.4, 0.5) is 5.13 Å². The zero-order valence-electron chi connectivity index (χ0n) is 14.3. The van der Waals surface area contributed by atoms with Crippen LogP contribution >= 0.6 is 23.1 Å². The summed E-state index contributed by atoms with van der Waals surface area (Å²) in [6, 6.07) is 9.37. The van der Waals surface area contributed by atoms with Crippen molar-refractivity contribution in [2.24, 2.45) is 0 Å². The molecule has 0 aliphatic rings. The lowest BCUT2D eigenvalue weighted by Gasteiger charge is -2.06. The number of benzene rings is 1. The number of hydrogen-bond donors (Lipinski definition) is 2. The van der Waals surface area contributed by atoms with Gasteiger partial charge in [-0.05, 0) is 26.0 Å². The monoisotopic (exact) mass is 390 g/mol. The van der Waals surface area contributed by atoms with Crippen LogP contribution in [0.3, 0.4) is 0 Å². The molecular weight excluding hydrogens is 372 g/mol. The van der Waals surface area contributed by atoms with Crippen molar-refractivity contribution in [1.29, 1.82) is 0 Å². The molecule has 0 atom stereocenters. The summed E-state index contributed by atoms with van der Waals surface area (Å²) < 4.78 is 6.94. The highest BCUT2D eigenvalue weighted by molar-refractivity contribution is 7.99. The van der Waals surface area contributed by atoms with Gasteiger partial charge in [0.25, 0.3) is 0 Å². The lowest BCUT2D eigenvalue weighted by molar-refractivity contribution is -0.113. The van der Waals surface area contributed by atoms with Crippen molar-refractivity contribution in [3.05, 3.63) is 46.7 Å². The topological polar surface area (TPSA) is 108 Å². The Kier molecular flexibility index (Phi) is 5.74. The zero-order chi connectivity index (χ0) is 18.5. The lowest BCUT2D eigenvalue weighted by atomic mass is 10.3. The summed E-state index contributed by atoms with van der Waals surface area (Å²) in [5, 5.41) is 11.8. The van der Waals surface area contributed by atoms with Gasteiger partial charge in [0.15, 0.2) is 11.0 Å². The van der Waals surface area contributed by atoms with Crippen LogP contribution in [0.15, 0.2) is 35.5 Å². The fourth-order valence-electron chi connectivity index (χ4n) is 1.98. The number of hydrogen-bond acceptors (Lipinski definition) is 8. The maximum Gasteiger partial charge on any atom is 0.236 e. The van der Waals surface area contributed by atoms with E-state index in [-0.39, 0.29) is 18.3 Å². The lowest BCUT2D eigenvalue weighted by Crippen LogP contribution is -2.18. The van der Waals surface area contributed by atoms with Crippen LogP contribution in [0.1, 0.15) is 16.4 Å². The number of carbonyl (C=O) groups is 1. The van der Waals surface area contributed by atoms with Crippen LogP contribution in [0.25, 0.3) is 0 Å². The fraction of sp³-hybridized carbons (Fsp3) is 0.250. The molecule has 1 amide bonds. The molecular formula is C16H18N6O2S2. The smallest absolute Gasteiger partial charge is 0.236 e. The molecule has 3 N–H and O–H groups in total. The van der Waals surface area contributed by atoms with E-state index in [1.807, 2.05) is 44.2 Å². The summed E-state index contributed by atoms with van der Waals surface area (Å²) in [5.41, 5.74) is 0.919. The quantitative estimate of drug-likeness (QED) is 0.471. The van der Waals surface area contributed by atoms with Crippen LogP contribution in [0.5, 0.6) is 5.75 Å². The van der Waals surface area contributed by atoms with Crippen molar-refractivity contribution < 1.29 is 9.53 Å². The maximum absolute atomic E-state index is 12.0. The number of anilines is 1. The minimum absolute atomic E-state index is 0.159. The molecule has 0 fully saturated rings. The number of aryl methyl sites for hydroxylation is 2. The third kappa shape index (κ3) is 4.52. The third-order valence-corrected chi connectivity index (χ3v) is 5.38. The molecule has 3 aromatic rings. The average molecular weight is 390 g/mol. The Hall–Kier alpha value is -2.59. The molecule has 0 aliphatic carbocycles. The Morgan fingerprint density at radius 3 is 2.77 bits per heavy atom. The van der Waals surface area contributed by atoms with Gasteiger partial charge in [-0.15, -0.1) is 21.5 Å². The Balaban J connectivity index is 1.52. The molecule has 136 valence electrons. The largest absolute Gasteiger partial charge is 0.486 e. The number of ether oxygens (including phenoxy) is 1. The van der Waals surface area contributed by atoms with Crippen molar-refractivity contribution in [3.8, 4) is 5.75 Å². The molecule has 26 heavy (non-hydrogen) atoms. The highest BCUT2D eigenvalue weighted by Gasteiger charge is 2.14. The van der Waals surface area contributed by atoms with Gasteiger partial charge in [-0.25, -0.2) is 9.66 Å². The highest BCUT2D eigenvalue weighted by atomic mass is 32.2. The van der Waals surface area contributed by atoms with Gasteiger partial charge in [0, 0.05) is 4.88 Å². The second-order valence-corrected chi connectivity index (χ2v) is 7.51. The third-order valence-electron chi connectivity index (χ3n) is 3.45. The number of carbonyl (C=O) groups excluding carboxylic acids is 1. The molecule has 0 aliphatic heterocycles. The van der Waals surface area contributed by atoms with Crippen LogP contribution in [0, 0.1) is 13.8 Å². The Morgan fingerprint density at radius 1 is 1.31 bits per heavy atom. The standard InChI is InChI=1S/C16H18N6O2S2/c1-10-11(2)26-15(18-10)19-14(23)9-25-16-21-20-13(22(16)17)8-24-12-6-4-3-5-7-12/h3-7H,8-9,17H2,1-2H3,(H,18,19,23). The summed E-state index contributed by atoms with van der Waals surface area (Å²) in [5.74, 6) is 7.16. The summed E-state index contributed by atoms with van der Waals surface area (Å²) in [6.07, 6.45) is 0. The first-order chi connectivity index (χ1) is 12.5. The molecule has 2 aromatic heterocycles. The van der Waals surface area contributed by atoms with Gasteiger partial charge >= 0.3 is 0 Å². The van der Waals surface area contributed by atoms with Crippen molar-refractivity contribution in [3.63, 3.8) is 0 Å². The molecule has 0 unspecified atom stereocenters. The van der Waals surface area contributed by atoms with Gasteiger partial charge in [0.05, 0.1) is 11.4 Å². The van der Waals surface area contributed by atoms with Crippen molar-refractivity contribution in [2.45, 2.75) is 25.6 Å². The zero-order valence-corrected chi connectivity index (χ0v) is 15.9. The number of rotatable bonds is 7. The van der Waals surface area contributed by atoms with E-state index in [2.05, 4.69) is 20.5 Å². The molecule has 0 saturated carbocycles. The van der Waals surface area contributed by atoms with Gasteiger partial charge in [0.1, 0.15) is 12.4 Å². The van der Waals surface area contributed by atoms with E-state index in [0.717, 1.165) is 16.3 Å². The fourth-order valence-corrected chi connectivity index (χ4v) is 3.49. The van der Waals surface area contributed by atoms with E-state index in [9.17, 15) is 4.79 Å². The second kappa shape index (κ2) is 8.19. The average Bonchev–Trinajstić information content (AvgIpc) is 3.14. The molecule has 2 heterocycles. The predicted molar refractivity (Wildman–Crippen MR) is 102 cm³/mol. The molecule has 8 nitrogen and oxygen atoms in total. The summed E-state index contributed by atoms with van der Waals surface area (Å²) in [4.78, 5) is 17.4. The van der Waals surface area contributed by atoms with Gasteiger partial charge in [-0.3, -0.25) is 4.79 Å². The summed E-state index contributed by atoms with van der Waals surface area (Å²) in [7, 11) is 0. The van der Waals surface area contributed by atoms with Crippen LogP contribution in [-0.4, -0.2) is 31.5 Å². The number of nitrogen functional groups attached to an aromatic ring is 1. The van der Waals surface area contributed by atoms with E-state index >= 15 is 0 Å². The Morgan fingerprint density at radius 2 is 2.08 bits per heavy atom. The summed E-state index contributed by atoms with van der Waals surface area (Å²) >= 11 is 2.65. The molecule has 0 saturated heterocycles. The van der Waals surface area contributed by atoms with Gasteiger partial charge in [-0.2, -0.15) is 0 Å². The second-order valence-electron chi connectivity index (χ2n) is 5.37. The molecule has 0 spiro atoms. The van der Waals surface area contributed by atoms with E-state index < -0.39 is 0 Å². The number of para-hydroxylation sites is 1. The van der Waals surface area contributed by atoms with E-state index in [1.54, 1.807) is 0 Å². The van der Waals surface area contributed by atoms with Crippen LogP contribution < -0.4 is 15.9 Å². The molecule has 3 rings (SSSR count). The van der Waals surface area contributed by atoms with E-state index in [1.165, 1.54) is 27.8 Å². The number of nitrogens with one attached hydrogen (secondary N) is 1. The maximum atomic E-state index is 12.0. The number of aromatic nitrogens is 4. The first-order valence-corrected chi connectivity index (χ1v) is 9.57.